The van der Waals surface area contributed by atoms with Crippen LogP contribution in [0, 0.1) is 5.41 Å². The van der Waals surface area contributed by atoms with Crippen LogP contribution in [-0.4, -0.2) is 26.3 Å². The molecular formula is C11H22O3. The van der Waals surface area contributed by atoms with Gasteiger partial charge in [0.2, 0.25) is 0 Å². The van der Waals surface area contributed by atoms with Gasteiger partial charge in [0.05, 0.1) is 6.61 Å². The quantitative estimate of drug-likeness (QED) is 0.595. The van der Waals surface area contributed by atoms with Gasteiger partial charge in [-0.05, 0) is 25.2 Å². The Morgan fingerprint density at radius 1 is 1.29 bits per heavy atom. The molecular weight excluding hydrogens is 180 g/mol. The van der Waals surface area contributed by atoms with Crippen molar-refractivity contribution in [3.05, 3.63) is 0 Å². The van der Waals surface area contributed by atoms with Gasteiger partial charge in [-0.1, -0.05) is 13.8 Å². The molecule has 14 heavy (non-hydrogen) atoms. The molecule has 0 rings (SSSR count). The molecule has 0 saturated carbocycles. The molecule has 0 fully saturated rings. The average molecular weight is 202 g/mol. The van der Waals surface area contributed by atoms with Crippen molar-refractivity contribution in [2.24, 2.45) is 5.41 Å². The molecule has 0 bridgehead atoms. The lowest BCUT2D eigenvalue weighted by molar-refractivity contribution is -0.143. The summed E-state index contributed by atoms with van der Waals surface area (Å²) in [5.41, 5.74) is 0.156. The number of esters is 1. The standard InChI is InChI=1S/C11H22O3/c1-5-14-10(12)6-7-11(2,3)8-9-13-4/h5-9H2,1-4H3. The zero-order chi connectivity index (χ0) is 11.0. The third-order valence-corrected chi connectivity index (χ3v) is 2.29. The molecule has 0 N–H and O–H groups in total. The Labute approximate surface area is 86.8 Å². The summed E-state index contributed by atoms with van der Waals surface area (Å²) < 4.78 is 9.89. The molecule has 84 valence electrons. The van der Waals surface area contributed by atoms with E-state index in [0.29, 0.717) is 13.0 Å². The molecule has 0 saturated heterocycles. The Bertz CT molecular complexity index is 164. The van der Waals surface area contributed by atoms with Crippen LogP contribution in [0.1, 0.15) is 40.0 Å². The highest BCUT2D eigenvalue weighted by molar-refractivity contribution is 5.69. The summed E-state index contributed by atoms with van der Waals surface area (Å²) in [5, 5.41) is 0. The number of hydrogen-bond donors (Lipinski definition) is 0. The van der Waals surface area contributed by atoms with Gasteiger partial charge >= 0.3 is 5.97 Å². The molecule has 0 aliphatic carbocycles. The number of ether oxygens (including phenoxy) is 2. The average Bonchev–Trinajstić information content (AvgIpc) is 2.13. The summed E-state index contributed by atoms with van der Waals surface area (Å²) in [4.78, 5) is 11.1. The summed E-state index contributed by atoms with van der Waals surface area (Å²) >= 11 is 0. The van der Waals surface area contributed by atoms with Crippen molar-refractivity contribution < 1.29 is 14.3 Å². The van der Waals surface area contributed by atoms with Crippen LogP contribution in [-0.2, 0) is 14.3 Å². The molecule has 0 aromatic carbocycles. The Morgan fingerprint density at radius 2 is 1.93 bits per heavy atom. The van der Waals surface area contributed by atoms with Gasteiger partial charge in [0.1, 0.15) is 0 Å². The van der Waals surface area contributed by atoms with E-state index in [4.69, 9.17) is 9.47 Å². The van der Waals surface area contributed by atoms with Crippen LogP contribution in [0.4, 0.5) is 0 Å². The summed E-state index contributed by atoms with van der Waals surface area (Å²) in [7, 11) is 1.70. The van der Waals surface area contributed by atoms with Crippen molar-refractivity contribution >= 4 is 5.97 Å². The van der Waals surface area contributed by atoms with Crippen LogP contribution in [0.2, 0.25) is 0 Å². The Morgan fingerprint density at radius 3 is 2.43 bits per heavy atom. The molecule has 3 heteroatoms. The molecule has 0 aromatic rings. The van der Waals surface area contributed by atoms with E-state index in [1.54, 1.807) is 7.11 Å². The largest absolute Gasteiger partial charge is 0.466 e. The third kappa shape index (κ3) is 6.89. The summed E-state index contributed by atoms with van der Waals surface area (Å²) in [6.45, 7) is 7.33. The van der Waals surface area contributed by atoms with Crippen LogP contribution >= 0.6 is 0 Å². The maximum Gasteiger partial charge on any atom is 0.305 e. The fourth-order valence-corrected chi connectivity index (χ4v) is 1.18. The summed E-state index contributed by atoms with van der Waals surface area (Å²) in [5.74, 6) is -0.0991. The second-order valence-electron chi connectivity index (χ2n) is 4.21. The van der Waals surface area contributed by atoms with E-state index in [9.17, 15) is 4.79 Å². The molecule has 0 heterocycles. The van der Waals surface area contributed by atoms with Crippen LogP contribution in [0.25, 0.3) is 0 Å². The number of methoxy groups -OCH3 is 1. The van der Waals surface area contributed by atoms with Crippen molar-refractivity contribution in [2.75, 3.05) is 20.3 Å². The van der Waals surface area contributed by atoms with Crippen molar-refractivity contribution in [3.63, 3.8) is 0 Å². The minimum Gasteiger partial charge on any atom is -0.466 e. The first-order valence-corrected chi connectivity index (χ1v) is 5.16. The van der Waals surface area contributed by atoms with Gasteiger partial charge in [0.15, 0.2) is 0 Å². The van der Waals surface area contributed by atoms with E-state index in [1.807, 2.05) is 6.92 Å². The molecule has 0 aliphatic rings. The zero-order valence-electron chi connectivity index (χ0n) is 9.76. The monoisotopic (exact) mass is 202 g/mol. The zero-order valence-corrected chi connectivity index (χ0v) is 9.76. The fourth-order valence-electron chi connectivity index (χ4n) is 1.18. The lowest BCUT2D eigenvalue weighted by atomic mass is 9.85. The highest BCUT2D eigenvalue weighted by Crippen LogP contribution is 2.26. The van der Waals surface area contributed by atoms with Crippen LogP contribution in [0.15, 0.2) is 0 Å². The SMILES string of the molecule is CCOC(=O)CCC(C)(C)CCOC. The topological polar surface area (TPSA) is 35.5 Å². The first kappa shape index (κ1) is 13.4. The van der Waals surface area contributed by atoms with Gasteiger partial charge in [-0.25, -0.2) is 0 Å². The van der Waals surface area contributed by atoms with Crippen molar-refractivity contribution in [1.82, 2.24) is 0 Å². The summed E-state index contributed by atoms with van der Waals surface area (Å²) in [6, 6.07) is 0. The first-order valence-electron chi connectivity index (χ1n) is 5.16. The Kier molecular flexibility index (Phi) is 6.54. The van der Waals surface area contributed by atoms with Gasteiger partial charge in [-0.3, -0.25) is 4.79 Å². The smallest absolute Gasteiger partial charge is 0.305 e. The minimum atomic E-state index is -0.0991. The van der Waals surface area contributed by atoms with Gasteiger partial charge < -0.3 is 9.47 Å². The van der Waals surface area contributed by atoms with Crippen LogP contribution in [0.5, 0.6) is 0 Å². The molecule has 0 unspecified atom stereocenters. The van der Waals surface area contributed by atoms with Crippen LogP contribution in [0.3, 0.4) is 0 Å². The number of carbonyl (C=O) groups is 1. The second-order valence-corrected chi connectivity index (χ2v) is 4.21. The van der Waals surface area contributed by atoms with Crippen molar-refractivity contribution in [1.29, 1.82) is 0 Å². The maximum atomic E-state index is 11.1. The van der Waals surface area contributed by atoms with E-state index in [1.165, 1.54) is 0 Å². The van der Waals surface area contributed by atoms with Gasteiger partial charge in [0, 0.05) is 20.1 Å². The lowest BCUT2D eigenvalue weighted by Gasteiger charge is -2.23. The predicted molar refractivity (Wildman–Crippen MR) is 56.1 cm³/mol. The van der Waals surface area contributed by atoms with E-state index >= 15 is 0 Å². The molecule has 0 atom stereocenters. The van der Waals surface area contributed by atoms with E-state index in [0.717, 1.165) is 19.4 Å². The second kappa shape index (κ2) is 6.82. The lowest BCUT2D eigenvalue weighted by Crippen LogP contribution is -2.17. The number of rotatable bonds is 7. The molecule has 0 radical (unpaired) electrons. The van der Waals surface area contributed by atoms with E-state index in [2.05, 4.69) is 13.8 Å². The van der Waals surface area contributed by atoms with Gasteiger partial charge in [-0.2, -0.15) is 0 Å². The van der Waals surface area contributed by atoms with Crippen LogP contribution < -0.4 is 0 Å². The molecule has 0 amide bonds. The molecule has 0 spiro atoms. The number of hydrogen-bond acceptors (Lipinski definition) is 3. The van der Waals surface area contributed by atoms with Gasteiger partial charge in [0.25, 0.3) is 0 Å². The maximum absolute atomic E-state index is 11.1. The van der Waals surface area contributed by atoms with E-state index in [-0.39, 0.29) is 11.4 Å². The third-order valence-electron chi connectivity index (χ3n) is 2.29. The minimum absolute atomic E-state index is 0.0991. The summed E-state index contributed by atoms with van der Waals surface area (Å²) in [6.07, 6.45) is 2.34. The normalized spacial score (nSPS) is 11.4. The van der Waals surface area contributed by atoms with Crippen molar-refractivity contribution in [3.8, 4) is 0 Å². The highest BCUT2D eigenvalue weighted by Gasteiger charge is 2.19. The molecule has 3 nitrogen and oxygen atoms in total. The molecule has 0 aromatic heterocycles. The first-order chi connectivity index (χ1) is 6.52. The van der Waals surface area contributed by atoms with Crippen molar-refractivity contribution in [2.45, 2.75) is 40.0 Å². The highest BCUT2D eigenvalue weighted by atomic mass is 16.5. The predicted octanol–water partition coefficient (Wildman–Crippen LogP) is 2.39. The van der Waals surface area contributed by atoms with Gasteiger partial charge in [-0.15, -0.1) is 0 Å². The number of carbonyl (C=O) groups excluding carboxylic acids is 1. The Balaban J connectivity index is 3.68. The fraction of sp³-hybridized carbons (Fsp3) is 0.909. The van der Waals surface area contributed by atoms with E-state index < -0.39 is 0 Å². The Hall–Kier alpha value is -0.570. The molecule has 0 aliphatic heterocycles.